The first-order chi connectivity index (χ1) is 13.5. The Bertz CT molecular complexity index is 1130. The molecule has 1 heterocycles. The Morgan fingerprint density at radius 1 is 0.929 bits per heavy atom. The summed E-state index contributed by atoms with van der Waals surface area (Å²) in [5.74, 6) is 0.168. The molecule has 0 aromatic heterocycles. The summed E-state index contributed by atoms with van der Waals surface area (Å²) in [6.45, 7) is 0. The van der Waals surface area contributed by atoms with Crippen LogP contribution in [0.2, 0.25) is 0 Å². The van der Waals surface area contributed by atoms with Gasteiger partial charge in [0.2, 0.25) is 5.78 Å². The molecule has 28 heavy (non-hydrogen) atoms. The average molecular weight is 500 g/mol. The Kier molecular flexibility index (Phi) is 5.15. The number of ether oxygens (including phenoxy) is 2. The van der Waals surface area contributed by atoms with Crippen molar-refractivity contribution in [2.75, 3.05) is 0 Å². The van der Waals surface area contributed by atoms with Gasteiger partial charge in [-0.1, -0.05) is 46.3 Å². The number of allylic oxidation sites excluding steroid dienone is 1. The summed E-state index contributed by atoms with van der Waals surface area (Å²) in [7, 11) is 0. The molecule has 1 aliphatic rings. The Hall–Kier alpha value is -2.70. The topological polar surface area (TPSA) is 52.6 Å². The van der Waals surface area contributed by atoms with Crippen molar-refractivity contribution in [3.63, 3.8) is 0 Å². The summed E-state index contributed by atoms with van der Waals surface area (Å²) in [4.78, 5) is 25.0. The maximum Gasteiger partial charge on any atom is 0.344 e. The van der Waals surface area contributed by atoms with Gasteiger partial charge in [-0.05, 0) is 57.9 Å². The number of carbonyl (C=O) groups excluding carboxylic acids is 2. The molecule has 1 aliphatic heterocycles. The Balaban J connectivity index is 1.58. The van der Waals surface area contributed by atoms with E-state index in [0.29, 0.717) is 27.1 Å². The van der Waals surface area contributed by atoms with E-state index < -0.39 is 5.97 Å². The lowest BCUT2D eigenvalue weighted by Gasteiger charge is -2.07. The molecule has 4 nitrogen and oxygen atoms in total. The second-order valence-electron chi connectivity index (χ2n) is 5.99. The van der Waals surface area contributed by atoms with Crippen LogP contribution < -0.4 is 9.47 Å². The highest BCUT2D eigenvalue weighted by Crippen LogP contribution is 2.35. The monoisotopic (exact) mass is 498 g/mol. The Morgan fingerprint density at radius 2 is 1.64 bits per heavy atom. The summed E-state index contributed by atoms with van der Waals surface area (Å²) < 4.78 is 12.7. The lowest BCUT2D eigenvalue weighted by atomic mass is 10.1. The number of rotatable bonds is 3. The number of esters is 1. The molecule has 0 spiro atoms. The number of carbonyl (C=O) groups is 2. The van der Waals surface area contributed by atoms with Gasteiger partial charge in [0.25, 0.3) is 0 Å². The van der Waals surface area contributed by atoms with E-state index in [0.717, 1.165) is 10.0 Å². The molecule has 0 radical (unpaired) electrons. The Morgan fingerprint density at radius 3 is 2.39 bits per heavy atom. The first-order valence-corrected chi connectivity index (χ1v) is 9.91. The normalized spacial score (nSPS) is 13.9. The standard InChI is InChI=1S/C22H12Br2O4/c23-17-7-3-1-5-13(17)11-20-21(25)16-10-9-14(12-19(16)28-20)27-22(26)15-6-2-4-8-18(15)24/h1-12H/b20-11-. The van der Waals surface area contributed by atoms with Crippen molar-refractivity contribution in [1.29, 1.82) is 0 Å². The van der Waals surface area contributed by atoms with Gasteiger partial charge in [0.05, 0.1) is 11.1 Å². The van der Waals surface area contributed by atoms with Crippen molar-refractivity contribution >= 4 is 49.7 Å². The van der Waals surface area contributed by atoms with Crippen molar-refractivity contribution in [2.45, 2.75) is 0 Å². The minimum absolute atomic E-state index is 0.213. The van der Waals surface area contributed by atoms with Gasteiger partial charge in [0, 0.05) is 15.0 Å². The SMILES string of the molecule is O=C(Oc1ccc2c(c1)O/C(=C\c1ccccc1Br)C2=O)c1ccccc1Br. The van der Waals surface area contributed by atoms with Crippen LogP contribution in [0.1, 0.15) is 26.3 Å². The number of ketones is 1. The van der Waals surface area contributed by atoms with Crippen LogP contribution in [0.5, 0.6) is 11.5 Å². The van der Waals surface area contributed by atoms with E-state index in [1.807, 2.05) is 30.3 Å². The minimum Gasteiger partial charge on any atom is -0.452 e. The molecule has 3 aromatic rings. The number of hydrogen-bond donors (Lipinski definition) is 0. The van der Waals surface area contributed by atoms with Gasteiger partial charge in [0.1, 0.15) is 11.5 Å². The molecule has 0 saturated heterocycles. The first kappa shape index (κ1) is 18.7. The van der Waals surface area contributed by atoms with Gasteiger partial charge in [-0.2, -0.15) is 0 Å². The molecule has 138 valence electrons. The zero-order chi connectivity index (χ0) is 19.7. The smallest absolute Gasteiger partial charge is 0.344 e. The number of hydrogen-bond acceptors (Lipinski definition) is 4. The molecule has 0 aliphatic carbocycles. The fraction of sp³-hybridized carbons (Fsp3) is 0. The summed E-state index contributed by atoms with van der Waals surface area (Å²) in [6.07, 6.45) is 1.68. The van der Waals surface area contributed by atoms with Crippen LogP contribution in [-0.4, -0.2) is 11.8 Å². The molecule has 0 bridgehead atoms. The highest BCUT2D eigenvalue weighted by molar-refractivity contribution is 9.10. The highest BCUT2D eigenvalue weighted by Gasteiger charge is 2.28. The van der Waals surface area contributed by atoms with Crippen LogP contribution in [0, 0.1) is 0 Å². The van der Waals surface area contributed by atoms with Crippen LogP contribution in [0.4, 0.5) is 0 Å². The molecule has 6 heteroatoms. The fourth-order valence-electron chi connectivity index (χ4n) is 2.75. The van der Waals surface area contributed by atoms with Crippen LogP contribution in [0.3, 0.4) is 0 Å². The van der Waals surface area contributed by atoms with Gasteiger partial charge >= 0.3 is 5.97 Å². The van der Waals surface area contributed by atoms with Crippen LogP contribution in [0.15, 0.2) is 81.4 Å². The molecule has 0 saturated carbocycles. The Labute approximate surface area is 178 Å². The van der Waals surface area contributed by atoms with E-state index in [2.05, 4.69) is 31.9 Å². The first-order valence-electron chi connectivity index (χ1n) is 8.32. The maximum atomic E-state index is 12.6. The van der Waals surface area contributed by atoms with Crippen LogP contribution in [-0.2, 0) is 0 Å². The summed E-state index contributed by atoms with van der Waals surface area (Å²) >= 11 is 6.78. The molecule has 0 fully saturated rings. The summed E-state index contributed by atoms with van der Waals surface area (Å²) in [5.41, 5.74) is 1.67. The third-order valence-electron chi connectivity index (χ3n) is 4.14. The average Bonchev–Trinajstić information content (AvgIpc) is 2.99. The van der Waals surface area contributed by atoms with E-state index >= 15 is 0 Å². The zero-order valence-electron chi connectivity index (χ0n) is 14.3. The fourth-order valence-corrected chi connectivity index (χ4v) is 3.60. The predicted molar refractivity (Wildman–Crippen MR) is 113 cm³/mol. The molecular formula is C22H12Br2O4. The lowest BCUT2D eigenvalue weighted by molar-refractivity contribution is 0.0733. The van der Waals surface area contributed by atoms with Gasteiger partial charge < -0.3 is 9.47 Å². The number of benzene rings is 3. The van der Waals surface area contributed by atoms with Crippen molar-refractivity contribution in [1.82, 2.24) is 0 Å². The highest BCUT2D eigenvalue weighted by atomic mass is 79.9. The predicted octanol–water partition coefficient (Wildman–Crippen LogP) is 6.05. The summed E-state index contributed by atoms with van der Waals surface area (Å²) in [6, 6.07) is 19.3. The van der Waals surface area contributed by atoms with Crippen LogP contribution in [0.25, 0.3) is 6.08 Å². The van der Waals surface area contributed by atoms with Crippen LogP contribution >= 0.6 is 31.9 Å². The largest absolute Gasteiger partial charge is 0.452 e. The van der Waals surface area contributed by atoms with Gasteiger partial charge in [-0.3, -0.25) is 4.79 Å². The third-order valence-corrected chi connectivity index (χ3v) is 5.55. The second-order valence-corrected chi connectivity index (χ2v) is 7.70. The van der Waals surface area contributed by atoms with Gasteiger partial charge in [0.15, 0.2) is 5.76 Å². The molecular weight excluding hydrogens is 488 g/mol. The number of halogens is 2. The molecule has 0 N–H and O–H groups in total. The molecule has 0 amide bonds. The second kappa shape index (κ2) is 7.73. The molecule has 3 aromatic carbocycles. The molecule has 4 rings (SSSR count). The molecule has 0 unspecified atom stereocenters. The van der Waals surface area contributed by atoms with E-state index in [9.17, 15) is 9.59 Å². The minimum atomic E-state index is -0.499. The van der Waals surface area contributed by atoms with E-state index in [-0.39, 0.29) is 11.5 Å². The van der Waals surface area contributed by atoms with Gasteiger partial charge in [-0.25, -0.2) is 4.79 Å². The van der Waals surface area contributed by atoms with Crippen molar-refractivity contribution in [3.05, 3.63) is 98.1 Å². The maximum absolute atomic E-state index is 12.6. The molecule has 0 atom stereocenters. The summed E-state index contributed by atoms with van der Waals surface area (Å²) in [5, 5.41) is 0. The van der Waals surface area contributed by atoms with E-state index in [1.54, 1.807) is 42.5 Å². The van der Waals surface area contributed by atoms with E-state index in [1.165, 1.54) is 0 Å². The zero-order valence-corrected chi connectivity index (χ0v) is 17.5. The van der Waals surface area contributed by atoms with E-state index in [4.69, 9.17) is 9.47 Å². The van der Waals surface area contributed by atoms with Gasteiger partial charge in [-0.15, -0.1) is 0 Å². The lowest BCUT2D eigenvalue weighted by Crippen LogP contribution is -2.09. The number of fused-ring (bicyclic) bond motifs is 1. The number of Topliss-reactive ketones (excluding diaryl/α,β-unsaturated/α-hetero) is 1. The van der Waals surface area contributed by atoms with Crippen molar-refractivity contribution in [2.24, 2.45) is 0 Å². The van der Waals surface area contributed by atoms with Crippen molar-refractivity contribution in [3.8, 4) is 11.5 Å². The third kappa shape index (κ3) is 3.66. The van der Waals surface area contributed by atoms with Crippen molar-refractivity contribution < 1.29 is 19.1 Å². The quantitative estimate of drug-likeness (QED) is 0.250.